The fourth-order valence-corrected chi connectivity index (χ4v) is 5.21. The molecule has 3 aromatic carbocycles. The number of anilines is 2. The number of nitrogens with two attached hydrogens (primary N) is 2. The molecule has 1 aliphatic rings. The summed E-state index contributed by atoms with van der Waals surface area (Å²) < 4.78 is 14.5. The lowest BCUT2D eigenvalue weighted by Crippen LogP contribution is -2.39. The fourth-order valence-electron chi connectivity index (χ4n) is 5.21. The molecule has 198 valence electrons. The number of aliphatic hydroxyl groups excluding tert-OH is 2. The number of imidazole rings is 1. The largest absolute Gasteiger partial charge is 0.387 e. The van der Waals surface area contributed by atoms with E-state index in [0.29, 0.717) is 11.2 Å². The second-order valence-electron chi connectivity index (χ2n) is 9.43. The molecule has 0 spiro atoms. The lowest BCUT2D eigenvalue weighted by Gasteiger charge is -2.37. The monoisotopic (exact) mass is 524 g/mol. The Hall–Kier alpha value is -4.35. The quantitative estimate of drug-likeness (QED) is 0.235. The molecule has 6 N–H and O–H groups in total. The van der Waals surface area contributed by atoms with E-state index in [9.17, 15) is 10.2 Å². The number of nitrogens with zero attached hydrogens (tertiary/aromatic N) is 4. The first-order chi connectivity index (χ1) is 19.0. The molecule has 6 rings (SSSR count). The number of fused-ring (bicyclic) bond motifs is 1. The van der Waals surface area contributed by atoms with Gasteiger partial charge < -0.3 is 31.2 Å². The smallest absolute Gasteiger partial charge is 0.224 e. The van der Waals surface area contributed by atoms with Crippen LogP contribution in [0, 0.1) is 0 Å². The van der Waals surface area contributed by atoms with Crippen molar-refractivity contribution in [2.45, 2.75) is 30.1 Å². The van der Waals surface area contributed by atoms with Gasteiger partial charge in [0.05, 0.1) is 12.9 Å². The first-order valence-corrected chi connectivity index (χ1v) is 12.6. The summed E-state index contributed by atoms with van der Waals surface area (Å²) in [6.07, 6.45) is -2.96. The lowest BCUT2D eigenvalue weighted by atomic mass is 9.80. The van der Waals surface area contributed by atoms with E-state index in [0.717, 1.165) is 16.7 Å². The molecular formula is C29H28N6O4. The van der Waals surface area contributed by atoms with E-state index in [1.54, 1.807) is 0 Å². The first-order valence-electron chi connectivity index (χ1n) is 12.6. The van der Waals surface area contributed by atoms with E-state index in [2.05, 4.69) is 15.0 Å². The Morgan fingerprint density at radius 2 is 1.33 bits per heavy atom. The second kappa shape index (κ2) is 10.1. The average molecular weight is 525 g/mol. The van der Waals surface area contributed by atoms with Crippen molar-refractivity contribution in [3.8, 4) is 0 Å². The van der Waals surface area contributed by atoms with Crippen LogP contribution >= 0.6 is 0 Å². The van der Waals surface area contributed by atoms with E-state index < -0.39 is 30.1 Å². The standard InChI is InChI=1S/C29H28N6O4/c30-25-22-26(34-28(31)33-25)35(17-32-22)27-24(37)23(36)21(39-27)16-38-29(18-10-4-1-5-11-18,19-12-6-2-7-13-19)20-14-8-3-9-15-20/h1-15,17,21,23-24,27,36-37H,16H2,(H4,30,31,33,34)/t21-,23-,24-,27-/m1/s1. The summed E-state index contributed by atoms with van der Waals surface area (Å²) >= 11 is 0. The number of ether oxygens (including phenoxy) is 2. The minimum absolute atomic E-state index is 0.0285. The van der Waals surface area contributed by atoms with Gasteiger partial charge in [-0.15, -0.1) is 0 Å². The van der Waals surface area contributed by atoms with Gasteiger partial charge in [-0.2, -0.15) is 9.97 Å². The summed E-state index contributed by atoms with van der Waals surface area (Å²) in [6, 6.07) is 29.7. The molecular weight excluding hydrogens is 496 g/mol. The van der Waals surface area contributed by atoms with Gasteiger partial charge in [0, 0.05) is 0 Å². The summed E-state index contributed by atoms with van der Waals surface area (Å²) in [5.74, 6) is 0.0792. The summed E-state index contributed by atoms with van der Waals surface area (Å²) in [4.78, 5) is 12.4. The first kappa shape index (κ1) is 25.0. The highest BCUT2D eigenvalue weighted by Gasteiger charge is 2.46. The molecule has 1 fully saturated rings. The van der Waals surface area contributed by atoms with E-state index in [4.69, 9.17) is 20.9 Å². The lowest BCUT2D eigenvalue weighted by molar-refractivity contribution is -0.0942. The predicted octanol–water partition coefficient (Wildman–Crippen LogP) is 2.62. The SMILES string of the molecule is Nc1nc(N)c2ncn([C@@H]3O[C@H](COC(c4ccccc4)(c4ccccc4)c4ccccc4)[C@@H](O)[C@H]3O)c2n1. The van der Waals surface area contributed by atoms with Crippen molar-refractivity contribution in [3.05, 3.63) is 114 Å². The molecule has 3 heterocycles. The van der Waals surface area contributed by atoms with Crippen LogP contribution in [0.2, 0.25) is 0 Å². The van der Waals surface area contributed by atoms with Crippen LogP contribution < -0.4 is 11.5 Å². The van der Waals surface area contributed by atoms with E-state index in [1.165, 1.54) is 10.9 Å². The topological polar surface area (TPSA) is 155 Å². The van der Waals surface area contributed by atoms with Crippen molar-refractivity contribution in [2.75, 3.05) is 18.1 Å². The van der Waals surface area contributed by atoms with E-state index in [-0.39, 0.29) is 18.4 Å². The molecule has 0 amide bonds. The fraction of sp³-hybridized carbons (Fsp3) is 0.207. The molecule has 0 bridgehead atoms. The molecule has 1 aliphatic heterocycles. The number of aromatic nitrogens is 4. The van der Waals surface area contributed by atoms with Crippen molar-refractivity contribution in [1.82, 2.24) is 19.5 Å². The highest BCUT2D eigenvalue weighted by atomic mass is 16.6. The normalized spacial score (nSPS) is 21.4. The van der Waals surface area contributed by atoms with Gasteiger partial charge >= 0.3 is 0 Å². The molecule has 5 aromatic rings. The molecule has 0 saturated carbocycles. The molecule has 1 saturated heterocycles. The summed E-state index contributed by atoms with van der Waals surface area (Å²) in [5, 5.41) is 22.0. The zero-order valence-corrected chi connectivity index (χ0v) is 20.9. The number of rotatable bonds is 7. The maximum absolute atomic E-state index is 11.0. The van der Waals surface area contributed by atoms with Gasteiger partial charge in [-0.1, -0.05) is 91.0 Å². The maximum atomic E-state index is 11.0. The van der Waals surface area contributed by atoms with Gasteiger partial charge in [0.2, 0.25) is 5.95 Å². The van der Waals surface area contributed by atoms with Gasteiger partial charge in [-0.25, -0.2) is 4.98 Å². The zero-order chi connectivity index (χ0) is 27.0. The summed E-state index contributed by atoms with van der Waals surface area (Å²) in [5.41, 5.74) is 14.1. The predicted molar refractivity (Wildman–Crippen MR) is 145 cm³/mol. The van der Waals surface area contributed by atoms with Crippen LogP contribution in [0.15, 0.2) is 97.3 Å². The number of aliphatic hydroxyl groups is 2. The zero-order valence-electron chi connectivity index (χ0n) is 20.9. The highest BCUT2D eigenvalue weighted by molar-refractivity contribution is 5.82. The van der Waals surface area contributed by atoms with Crippen molar-refractivity contribution in [3.63, 3.8) is 0 Å². The van der Waals surface area contributed by atoms with Crippen LogP contribution in [0.5, 0.6) is 0 Å². The molecule has 10 nitrogen and oxygen atoms in total. The van der Waals surface area contributed by atoms with Crippen molar-refractivity contribution in [1.29, 1.82) is 0 Å². The number of hydrogen-bond acceptors (Lipinski definition) is 9. The third-order valence-electron chi connectivity index (χ3n) is 7.08. The van der Waals surface area contributed by atoms with Crippen molar-refractivity contribution < 1.29 is 19.7 Å². The van der Waals surface area contributed by atoms with Gasteiger partial charge in [-0.05, 0) is 16.7 Å². The number of hydrogen-bond donors (Lipinski definition) is 4. The minimum atomic E-state index is -1.28. The van der Waals surface area contributed by atoms with Crippen molar-refractivity contribution >= 4 is 22.9 Å². The Morgan fingerprint density at radius 1 is 0.795 bits per heavy atom. The minimum Gasteiger partial charge on any atom is -0.387 e. The van der Waals surface area contributed by atoms with Crippen LogP contribution in [0.3, 0.4) is 0 Å². The van der Waals surface area contributed by atoms with Gasteiger partial charge in [0.15, 0.2) is 17.7 Å². The second-order valence-corrected chi connectivity index (χ2v) is 9.43. The van der Waals surface area contributed by atoms with E-state index in [1.807, 2.05) is 91.0 Å². The Bertz CT molecular complexity index is 1470. The van der Waals surface area contributed by atoms with Crippen LogP contribution in [0.1, 0.15) is 22.9 Å². The average Bonchev–Trinajstić information content (AvgIpc) is 3.51. The molecule has 0 unspecified atom stereocenters. The molecule has 10 heteroatoms. The Morgan fingerprint density at radius 3 is 1.87 bits per heavy atom. The molecule has 39 heavy (non-hydrogen) atoms. The van der Waals surface area contributed by atoms with Gasteiger partial charge in [0.25, 0.3) is 0 Å². The summed E-state index contributed by atoms with van der Waals surface area (Å²) in [6.45, 7) is -0.0285. The van der Waals surface area contributed by atoms with Crippen LogP contribution in [0.4, 0.5) is 11.8 Å². The molecule has 0 aliphatic carbocycles. The van der Waals surface area contributed by atoms with Gasteiger partial charge in [0.1, 0.15) is 29.4 Å². The third kappa shape index (κ3) is 4.29. The summed E-state index contributed by atoms with van der Waals surface area (Å²) in [7, 11) is 0. The molecule has 4 atom stereocenters. The Kier molecular flexibility index (Phi) is 6.45. The maximum Gasteiger partial charge on any atom is 0.224 e. The van der Waals surface area contributed by atoms with Gasteiger partial charge in [-0.3, -0.25) is 4.57 Å². The highest BCUT2D eigenvalue weighted by Crippen LogP contribution is 2.42. The number of nitrogen functional groups attached to an aromatic ring is 2. The molecule has 2 aromatic heterocycles. The van der Waals surface area contributed by atoms with Crippen molar-refractivity contribution in [2.24, 2.45) is 0 Å². The Balaban J connectivity index is 1.37. The number of benzene rings is 3. The third-order valence-corrected chi connectivity index (χ3v) is 7.08. The van der Waals surface area contributed by atoms with Crippen LogP contribution in [-0.2, 0) is 15.1 Å². The molecule has 0 radical (unpaired) electrons. The van der Waals surface area contributed by atoms with Crippen LogP contribution in [-0.4, -0.2) is 54.7 Å². The van der Waals surface area contributed by atoms with Crippen LogP contribution in [0.25, 0.3) is 11.2 Å². The van der Waals surface area contributed by atoms with E-state index >= 15 is 0 Å². The Labute approximate surface area is 224 Å².